The Morgan fingerprint density at radius 2 is 1.79 bits per heavy atom. The number of hydrogen-bond acceptors (Lipinski definition) is 4. The van der Waals surface area contributed by atoms with Gasteiger partial charge in [0.2, 0.25) is 0 Å². The molecule has 0 aliphatic rings. The zero-order valence-corrected chi connectivity index (χ0v) is 9.70. The lowest BCUT2D eigenvalue weighted by Crippen LogP contribution is -1.99. The summed E-state index contributed by atoms with van der Waals surface area (Å²) in [5.74, 6) is 0. The molecule has 0 amide bonds. The van der Waals surface area contributed by atoms with Gasteiger partial charge in [0.25, 0.3) is 0 Å². The van der Waals surface area contributed by atoms with Crippen LogP contribution in [0.25, 0.3) is 0 Å². The second-order valence-corrected chi connectivity index (χ2v) is 4.80. The van der Waals surface area contributed by atoms with E-state index in [1.165, 1.54) is 0 Å². The number of aliphatic hydroxyl groups is 1. The predicted molar refractivity (Wildman–Crippen MR) is 56.6 cm³/mol. The van der Waals surface area contributed by atoms with Crippen LogP contribution in [0.1, 0.15) is 20.3 Å². The molecule has 84 valence electrons. The van der Waals surface area contributed by atoms with Crippen molar-refractivity contribution in [3.05, 3.63) is 12.2 Å². The lowest BCUT2D eigenvalue weighted by molar-refractivity contribution is 0.220. The topological polar surface area (TPSA) is 55.8 Å². The fourth-order valence-electron chi connectivity index (χ4n) is 0.985. The molecule has 0 radical (unpaired) electrons. The maximum atomic E-state index is 11.8. The van der Waals surface area contributed by atoms with Crippen LogP contribution < -0.4 is 0 Å². The van der Waals surface area contributed by atoms with Crippen LogP contribution in [0, 0.1) is 0 Å². The zero-order chi connectivity index (χ0) is 10.9. The van der Waals surface area contributed by atoms with Gasteiger partial charge in [0.15, 0.2) is 0 Å². The molecule has 0 aliphatic carbocycles. The Morgan fingerprint density at radius 1 is 1.21 bits per heavy atom. The monoisotopic (exact) mass is 222 g/mol. The molecule has 14 heavy (non-hydrogen) atoms. The van der Waals surface area contributed by atoms with Crippen LogP contribution in [-0.4, -0.2) is 31.1 Å². The maximum Gasteiger partial charge on any atom is 0.330 e. The van der Waals surface area contributed by atoms with E-state index < -0.39 is 7.60 Å². The Hall–Kier alpha value is -0.150. The predicted octanol–water partition coefficient (Wildman–Crippen LogP) is 2.19. The van der Waals surface area contributed by atoms with Crippen LogP contribution in [0.2, 0.25) is 0 Å². The summed E-state index contributed by atoms with van der Waals surface area (Å²) in [7, 11) is -2.89. The fourth-order valence-corrected chi connectivity index (χ4v) is 2.57. The van der Waals surface area contributed by atoms with Crippen LogP contribution in [0.4, 0.5) is 0 Å². The van der Waals surface area contributed by atoms with E-state index in [9.17, 15) is 4.57 Å². The van der Waals surface area contributed by atoms with Crippen LogP contribution in [0.3, 0.4) is 0 Å². The first-order chi connectivity index (χ1) is 6.68. The van der Waals surface area contributed by atoms with Crippen LogP contribution in [-0.2, 0) is 13.6 Å². The molecule has 5 heteroatoms. The molecule has 0 aromatic heterocycles. The average Bonchev–Trinajstić information content (AvgIpc) is 2.13. The summed E-state index contributed by atoms with van der Waals surface area (Å²) in [6.07, 6.45) is 4.34. The Balaban J connectivity index is 3.95. The Labute approximate surface area is 85.5 Å². The SMILES string of the molecule is CCOP(=O)(CCC=CCO)OCC. The van der Waals surface area contributed by atoms with Crippen LogP contribution in [0.5, 0.6) is 0 Å². The Bertz CT molecular complexity index is 193. The summed E-state index contributed by atoms with van der Waals surface area (Å²) in [5, 5.41) is 8.48. The zero-order valence-electron chi connectivity index (χ0n) is 8.81. The van der Waals surface area contributed by atoms with E-state index in [0.717, 1.165) is 0 Å². The number of hydrogen-bond donors (Lipinski definition) is 1. The first-order valence-corrected chi connectivity index (χ1v) is 6.55. The molecule has 4 nitrogen and oxygen atoms in total. The van der Waals surface area contributed by atoms with Gasteiger partial charge in [-0.15, -0.1) is 0 Å². The highest BCUT2D eigenvalue weighted by Crippen LogP contribution is 2.48. The third-order valence-corrected chi connectivity index (χ3v) is 3.60. The summed E-state index contributed by atoms with van der Waals surface area (Å²) in [4.78, 5) is 0. The quantitative estimate of drug-likeness (QED) is 0.505. The van der Waals surface area contributed by atoms with Crippen molar-refractivity contribution in [3.63, 3.8) is 0 Å². The first kappa shape index (κ1) is 13.8. The standard InChI is InChI=1S/C9H19O4P/c1-3-12-14(11,13-4-2)9-7-5-6-8-10/h5-6,10H,3-4,7-9H2,1-2H3. The lowest BCUT2D eigenvalue weighted by atomic mass is 10.4. The molecule has 0 fully saturated rings. The van der Waals surface area contributed by atoms with Crippen molar-refractivity contribution in [1.82, 2.24) is 0 Å². The molecule has 0 heterocycles. The molecular formula is C9H19O4P. The first-order valence-electron chi connectivity index (χ1n) is 4.82. The number of rotatable bonds is 8. The smallest absolute Gasteiger partial charge is 0.330 e. The van der Waals surface area contributed by atoms with Crippen molar-refractivity contribution in [3.8, 4) is 0 Å². The third kappa shape index (κ3) is 6.33. The summed E-state index contributed by atoms with van der Waals surface area (Å²) in [6, 6.07) is 0. The highest BCUT2D eigenvalue weighted by atomic mass is 31.2. The molecule has 0 spiro atoms. The van der Waals surface area contributed by atoms with Crippen molar-refractivity contribution in [2.75, 3.05) is 26.0 Å². The molecule has 0 saturated heterocycles. The van der Waals surface area contributed by atoms with Gasteiger partial charge >= 0.3 is 7.60 Å². The van der Waals surface area contributed by atoms with Gasteiger partial charge in [-0.3, -0.25) is 4.57 Å². The van der Waals surface area contributed by atoms with E-state index in [-0.39, 0.29) is 6.61 Å². The molecule has 0 unspecified atom stereocenters. The second kappa shape index (κ2) is 8.18. The molecule has 0 bridgehead atoms. The molecule has 0 aromatic rings. The molecule has 0 saturated carbocycles. The Kier molecular flexibility index (Phi) is 8.09. The van der Waals surface area contributed by atoms with Gasteiger partial charge < -0.3 is 14.2 Å². The second-order valence-electron chi connectivity index (χ2n) is 2.61. The van der Waals surface area contributed by atoms with Crippen molar-refractivity contribution in [2.45, 2.75) is 20.3 Å². The summed E-state index contributed by atoms with van der Waals surface area (Å²) < 4.78 is 22.0. The molecule has 0 aliphatic heterocycles. The Morgan fingerprint density at radius 3 is 2.21 bits per heavy atom. The van der Waals surface area contributed by atoms with Gasteiger partial charge in [0.05, 0.1) is 26.0 Å². The highest BCUT2D eigenvalue weighted by molar-refractivity contribution is 7.53. The number of allylic oxidation sites excluding steroid dienone is 1. The van der Waals surface area contributed by atoms with E-state index in [1.54, 1.807) is 26.0 Å². The van der Waals surface area contributed by atoms with Gasteiger partial charge in [-0.25, -0.2) is 0 Å². The normalized spacial score (nSPS) is 12.5. The van der Waals surface area contributed by atoms with Gasteiger partial charge in [-0.1, -0.05) is 12.2 Å². The van der Waals surface area contributed by atoms with Crippen LogP contribution >= 0.6 is 7.60 Å². The molecular weight excluding hydrogens is 203 g/mol. The van der Waals surface area contributed by atoms with Gasteiger partial charge in [0.1, 0.15) is 0 Å². The molecule has 0 rings (SSSR count). The van der Waals surface area contributed by atoms with Crippen molar-refractivity contribution >= 4 is 7.60 Å². The van der Waals surface area contributed by atoms with E-state index in [1.807, 2.05) is 0 Å². The van der Waals surface area contributed by atoms with Crippen LogP contribution in [0.15, 0.2) is 12.2 Å². The third-order valence-electron chi connectivity index (χ3n) is 1.49. The lowest BCUT2D eigenvalue weighted by Gasteiger charge is -2.15. The number of aliphatic hydroxyl groups excluding tert-OH is 1. The minimum absolute atomic E-state index is 0.00751. The summed E-state index contributed by atoms with van der Waals surface area (Å²) in [5.41, 5.74) is 0. The minimum atomic E-state index is -2.89. The minimum Gasteiger partial charge on any atom is -0.392 e. The van der Waals surface area contributed by atoms with E-state index in [4.69, 9.17) is 14.2 Å². The fraction of sp³-hybridized carbons (Fsp3) is 0.778. The van der Waals surface area contributed by atoms with Gasteiger partial charge in [-0.05, 0) is 20.3 Å². The van der Waals surface area contributed by atoms with Crippen molar-refractivity contribution < 1.29 is 18.7 Å². The van der Waals surface area contributed by atoms with Crippen molar-refractivity contribution in [1.29, 1.82) is 0 Å². The van der Waals surface area contributed by atoms with Crippen molar-refractivity contribution in [2.24, 2.45) is 0 Å². The summed E-state index contributed by atoms with van der Waals surface area (Å²) in [6.45, 7) is 4.36. The maximum absolute atomic E-state index is 11.8. The molecule has 0 aromatic carbocycles. The van der Waals surface area contributed by atoms with Gasteiger partial charge in [-0.2, -0.15) is 0 Å². The molecule has 0 atom stereocenters. The largest absolute Gasteiger partial charge is 0.392 e. The van der Waals surface area contributed by atoms with E-state index in [2.05, 4.69) is 0 Å². The molecule has 1 N–H and O–H groups in total. The average molecular weight is 222 g/mol. The summed E-state index contributed by atoms with van der Waals surface area (Å²) >= 11 is 0. The van der Waals surface area contributed by atoms with Gasteiger partial charge in [0, 0.05) is 0 Å². The van der Waals surface area contributed by atoms with E-state index in [0.29, 0.717) is 25.8 Å². The van der Waals surface area contributed by atoms with E-state index >= 15 is 0 Å². The highest BCUT2D eigenvalue weighted by Gasteiger charge is 2.21.